The summed E-state index contributed by atoms with van der Waals surface area (Å²) in [6.07, 6.45) is 0. The minimum Gasteiger partial charge on any atom is -0.465 e. The average Bonchev–Trinajstić information content (AvgIpc) is 2.29. The molecule has 1 atom stereocenters. The van der Waals surface area contributed by atoms with E-state index in [-0.39, 0.29) is 17.8 Å². The third-order valence-corrected chi connectivity index (χ3v) is 2.57. The molecule has 0 radical (unpaired) electrons. The minimum atomic E-state index is -0.624. The standard InChI is InChI=1S/C14H20FNO2/c1-5-18-14(17)13(16-9(2)3)12-8-11(15)7-6-10(12)4/h6-9,13,16H,5H2,1-4H3. The number of hydrogen-bond donors (Lipinski definition) is 1. The zero-order valence-corrected chi connectivity index (χ0v) is 11.3. The molecule has 100 valence electrons. The van der Waals surface area contributed by atoms with Crippen LogP contribution in [0.25, 0.3) is 0 Å². The molecule has 1 rings (SSSR count). The van der Waals surface area contributed by atoms with Gasteiger partial charge in [0.2, 0.25) is 0 Å². The lowest BCUT2D eigenvalue weighted by Gasteiger charge is -2.21. The summed E-state index contributed by atoms with van der Waals surface area (Å²) in [5.74, 6) is -0.727. The molecule has 0 aromatic heterocycles. The van der Waals surface area contributed by atoms with E-state index in [0.29, 0.717) is 12.2 Å². The molecule has 0 aliphatic heterocycles. The number of carbonyl (C=O) groups is 1. The molecule has 0 saturated heterocycles. The highest BCUT2D eigenvalue weighted by molar-refractivity contribution is 5.78. The fourth-order valence-electron chi connectivity index (χ4n) is 1.77. The Labute approximate surface area is 107 Å². The predicted octanol–water partition coefficient (Wildman–Crippen LogP) is 2.74. The number of rotatable bonds is 5. The van der Waals surface area contributed by atoms with Crippen molar-refractivity contribution in [2.75, 3.05) is 6.61 Å². The van der Waals surface area contributed by atoms with E-state index in [1.807, 2.05) is 20.8 Å². The Balaban J connectivity index is 3.08. The molecule has 0 aliphatic rings. The predicted molar refractivity (Wildman–Crippen MR) is 68.8 cm³/mol. The van der Waals surface area contributed by atoms with E-state index in [4.69, 9.17) is 4.74 Å². The number of carbonyl (C=O) groups excluding carboxylic acids is 1. The van der Waals surface area contributed by atoms with Gasteiger partial charge in [-0.1, -0.05) is 6.07 Å². The van der Waals surface area contributed by atoms with Gasteiger partial charge in [-0.2, -0.15) is 0 Å². The molecule has 1 unspecified atom stereocenters. The van der Waals surface area contributed by atoms with E-state index in [0.717, 1.165) is 5.56 Å². The molecule has 0 bridgehead atoms. The first kappa shape index (κ1) is 14.6. The van der Waals surface area contributed by atoms with Gasteiger partial charge in [-0.25, -0.2) is 9.18 Å². The van der Waals surface area contributed by atoms with Crippen molar-refractivity contribution in [1.29, 1.82) is 0 Å². The normalized spacial score (nSPS) is 12.6. The molecule has 1 aromatic carbocycles. The second-order valence-electron chi connectivity index (χ2n) is 4.51. The second kappa shape index (κ2) is 6.50. The first-order valence-corrected chi connectivity index (χ1v) is 6.14. The quantitative estimate of drug-likeness (QED) is 0.820. The topological polar surface area (TPSA) is 38.3 Å². The van der Waals surface area contributed by atoms with Gasteiger partial charge >= 0.3 is 5.97 Å². The molecule has 3 nitrogen and oxygen atoms in total. The maximum absolute atomic E-state index is 13.3. The molecule has 18 heavy (non-hydrogen) atoms. The molecular weight excluding hydrogens is 233 g/mol. The maximum atomic E-state index is 13.3. The Morgan fingerprint density at radius 2 is 2.11 bits per heavy atom. The molecule has 0 fully saturated rings. The molecule has 1 N–H and O–H groups in total. The molecule has 1 aromatic rings. The third kappa shape index (κ3) is 3.81. The van der Waals surface area contributed by atoms with Gasteiger partial charge in [0.05, 0.1) is 6.61 Å². The molecule has 0 saturated carbocycles. The van der Waals surface area contributed by atoms with E-state index >= 15 is 0 Å². The monoisotopic (exact) mass is 253 g/mol. The van der Waals surface area contributed by atoms with Crippen molar-refractivity contribution in [2.45, 2.75) is 39.8 Å². The van der Waals surface area contributed by atoms with Crippen LogP contribution >= 0.6 is 0 Å². The van der Waals surface area contributed by atoms with E-state index in [1.54, 1.807) is 13.0 Å². The molecule has 0 heterocycles. The van der Waals surface area contributed by atoms with E-state index in [1.165, 1.54) is 12.1 Å². The van der Waals surface area contributed by atoms with E-state index in [2.05, 4.69) is 5.32 Å². The summed E-state index contributed by atoms with van der Waals surface area (Å²) in [7, 11) is 0. The number of benzene rings is 1. The van der Waals surface area contributed by atoms with Crippen LogP contribution in [0.4, 0.5) is 4.39 Å². The summed E-state index contributed by atoms with van der Waals surface area (Å²) in [6, 6.07) is 3.91. The van der Waals surface area contributed by atoms with Crippen molar-refractivity contribution in [3.8, 4) is 0 Å². The first-order valence-electron chi connectivity index (χ1n) is 6.14. The van der Waals surface area contributed by atoms with Crippen LogP contribution in [0, 0.1) is 12.7 Å². The Bertz CT molecular complexity index is 418. The van der Waals surface area contributed by atoms with Crippen molar-refractivity contribution in [3.05, 3.63) is 35.1 Å². The van der Waals surface area contributed by atoms with Crippen molar-refractivity contribution in [2.24, 2.45) is 0 Å². The zero-order chi connectivity index (χ0) is 13.7. The van der Waals surface area contributed by atoms with Gasteiger partial charge in [0.1, 0.15) is 11.9 Å². The van der Waals surface area contributed by atoms with Crippen molar-refractivity contribution >= 4 is 5.97 Å². The van der Waals surface area contributed by atoms with Crippen LogP contribution < -0.4 is 5.32 Å². The summed E-state index contributed by atoms with van der Waals surface area (Å²) in [4.78, 5) is 11.9. The largest absolute Gasteiger partial charge is 0.465 e. The first-order chi connectivity index (χ1) is 8.45. The average molecular weight is 253 g/mol. The summed E-state index contributed by atoms with van der Waals surface area (Å²) in [6.45, 7) is 7.77. The number of hydrogen-bond acceptors (Lipinski definition) is 3. The van der Waals surface area contributed by atoms with Crippen LogP contribution in [0.2, 0.25) is 0 Å². The van der Waals surface area contributed by atoms with Crippen LogP contribution in [0.5, 0.6) is 0 Å². The number of aryl methyl sites for hydroxylation is 1. The van der Waals surface area contributed by atoms with Gasteiger partial charge in [0, 0.05) is 6.04 Å². The lowest BCUT2D eigenvalue weighted by Crippen LogP contribution is -2.35. The lowest BCUT2D eigenvalue weighted by atomic mass is 10.0. The molecule has 4 heteroatoms. The fourth-order valence-corrected chi connectivity index (χ4v) is 1.77. The van der Waals surface area contributed by atoms with Gasteiger partial charge in [-0.15, -0.1) is 0 Å². The van der Waals surface area contributed by atoms with E-state index in [9.17, 15) is 9.18 Å². The number of nitrogens with one attached hydrogen (secondary N) is 1. The van der Waals surface area contributed by atoms with Crippen molar-refractivity contribution < 1.29 is 13.9 Å². The Kier molecular flexibility index (Phi) is 5.28. The van der Waals surface area contributed by atoms with Gasteiger partial charge in [0.15, 0.2) is 0 Å². The van der Waals surface area contributed by atoms with Gasteiger partial charge in [-0.05, 0) is 51.0 Å². The Hall–Kier alpha value is -1.42. The fraction of sp³-hybridized carbons (Fsp3) is 0.500. The van der Waals surface area contributed by atoms with Gasteiger partial charge < -0.3 is 4.74 Å². The number of esters is 1. The summed E-state index contributed by atoms with van der Waals surface area (Å²) >= 11 is 0. The van der Waals surface area contributed by atoms with Crippen molar-refractivity contribution in [3.63, 3.8) is 0 Å². The highest BCUT2D eigenvalue weighted by Gasteiger charge is 2.24. The summed E-state index contributed by atoms with van der Waals surface area (Å²) in [5.41, 5.74) is 1.49. The Morgan fingerprint density at radius 3 is 2.67 bits per heavy atom. The smallest absolute Gasteiger partial charge is 0.327 e. The van der Waals surface area contributed by atoms with Crippen LogP contribution in [0.1, 0.15) is 37.9 Å². The molecule has 0 amide bonds. The van der Waals surface area contributed by atoms with Crippen LogP contribution in [-0.4, -0.2) is 18.6 Å². The van der Waals surface area contributed by atoms with Gasteiger partial charge in [0.25, 0.3) is 0 Å². The molecular formula is C14H20FNO2. The van der Waals surface area contributed by atoms with Crippen LogP contribution in [-0.2, 0) is 9.53 Å². The van der Waals surface area contributed by atoms with Crippen LogP contribution in [0.3, 0.4) is 0 Å². The summed E-state index contributed by atoms with van der Waals surface area (Å²) in [5, 5.41) is 3.11. The molecule has 0 spiro atoms. The number of halogens is 1. The van der Waals surface area contributed by atoms with Crippen molar-refractivity contribution in [1.82, 2.24) is 5.32 Å². The third-order valence-electron chi connectivity index (χ3n) is 2.57. The summed E-state index contributed by atoms with van der Waals surface area (Å²) < 4.78 is 18.3. The maximum Gasteiger partial charge on any atom is 0.327 e. The molecule has 0 aliphatic carbocycles. The highest BCUT2D eigenvalue weighted by atomic mass is 19.1. The highest BCUT2D eigenvalue weighted by Crippen LogP contribution is 2.21. The zero-order valence-electron chi connectivity index (χ0n) is 11.3. The van der Waals surface area contributed by atoms with E-state index < -0.39 is 6.04 Å². The van der Waals surface area contributed by atoms with Gasteiger partial charge in [-0.3, -0.25) is 5.32 Å². The minimum absolute atomic E-state index is 0.0991. The van der Waals surface area contributed by atoms with Crippen LogP contribution in [0.15, 0.2) is 18.2 Å². The second-order valence-corrected chi connectivity index (χ2v) is 4.51. The Morgan fingerprint density at radius 1 is 1.44 bits per heavy atom. The number of ether oxygens (including phenoxy) is 1. The SMILES string of the molecule is CCOC(=O)C(NC(C)C)c1cc(F)ccc1C. The lowest BCUT2D eigenvalue weighted by molar-refractivity contribution is -0.146.